The second kappa shape index (κ2) is 6.18. The van der Waals surface area contributed by atoms with Crippen molar-refractivity contribution in [3.8, 4) is 5.75 Å². The maximum absolute atomic E-state index is 13.3. The molecule has 0 radical (unpaired) electrons. The minimum Gasteiger partial charge on any atom is -0.490 e. The molecule has 4 heteroatoms. The third-order valence-electron chi connectivity index (χ3n) is 2.67. The number of rotatable bonds is 4. The van der Waals surface area contributed by atoms with Gasteiger partial charge in [-0.25, -0.2) is 4.39 Å². The Hall–Kier alpha value is -1.68. The molecule has 0 saturated carbocycles. The smallest absolute Gasteiger partial charge is 0.197 e. The maximum Gasteiger partial charge on any atom is 0.197 e. The molecule has 0 aliphatic rings. The monoisotopic (exact) mass is 336 g/mol. The molecule has 0 aliphatic heterocycles. The lowest BCUT2D eigenvalue weighted by Crippen LogP contribution is -2.11. The molecule has 0 amide bonds. The number of benzene rings is 2. The first-order valence-corrected chi connectivity index (χ1v) is 7.03. The van der Waals surface area contributed by atoms with Gasteiger partial charge in [0.25, 0.3) is 0 Å². The zero-order valence-corrected chi connectivity index (χ0v) is 12.8. The Morgan fingerprint density at radius 3 is 2.55 bits per heavy atom. The van der Waals surface area contributed by atoms with Gasteiger partial charge in [-0.15, -0.1) is 0 Å². The van der Waals surface area contributed by atoms with Gasteiger partial charge in [-0.2, -0.15) is 0 Å². The van der Waals surface area contributed by atoms with E-state index in [4.69, 9.17) is 4.74 Å². The van der Waals surface area contributed by atoms with Crippen molar-refractivity contribution in [2.24, 2.45) is 0 Å². The van der Waals surface area contributed by atoms with Crippen LogP contribution in [-0.4, -0.2) is 11.9 Å². The van der Waals surface area contributed by atoms with Crippen molar-refractivity contribution in [2.75, 3.05) is 0 Å². The topological polar surface area (TPSA) is 26.3 Å². The van der Waals surface area contributed by atoms with E-state index >= 15 is 0 Å². The van der Waals surface area contributed by atoms with Gasteiger partial charge in [0, 0.05) is 10.0 Å². The van der Waals surface area contributed by atoms with Crippen LogP contribution in [0, 0.1) is 5.82 Å². The van der Waals surface area contributed by atoms with Crippen LogP contribution in [0.4, 0.5) is 4.39 Å². The van der Waals surface area contributed by atoms with E-state index < -0.39 is 5.82 Å². The molecule has 0 saturated heterocycles. The Balaban J connectivity index is 2.45. The van der Waals surface area contributed by atoms with Crippen LogP contribution in [0.3, 0.4) is 0 Å². The summed E-state index contributed by atoms with van der Waals surface area (Å²) in [6, 6.07) is 11.0. The summed E-state index contributed by atoms with van der Waals surface area (Å²) < 4.78 is 19.5. The summed E-state index contributed by atoms with van der Waals surface area (Å²) in [5.74, 6) is -0.213. The van der Waals surface area contributed by atoms with Gasteiger partial charge < -0.3 is 4.74 Å². The molecular weight excluding hydrogens is 323 g/mol. The van der Waals surface area contributed by atoms with Crippen LogP contribution in [0.15, 0.2) is 46.9 Å². The molecular formula is C16H14BrFO2. The van der Waals surface area contributed by atoms with E-state index in [1.54, 1.807) is 24.3 Å². The van der Waals surface area contributed by atoms with Crippen LogP contribution in [0.25, 0.3) is 0 Å². The number of carbonyl (C=O) groups excluding carboxylic acids is 1. The molecule has 2 rings (SSSR count). The van der Waals surface area contributed by atoms with Crippen molar-refractivity contribution >= 4 is 21.7 Å². The number of halogens is 2. The van der Waals surface area contributed by atoms with Gasteiger partial charge in [-0.1, -0.05) is 28.1 Å². The fraction of sp³-hybridized carbons (Fsp3) is 0.188. The van der Waals surface area contributed by atoms with Crippen LogP contribution in [-0.2, 0) is 0 Å². The maximum atomic E-state index is 13.3. The van der Waals surface area contributed by atoms with E-state index in [1.165, 1.54) is 18.2 Å². The Morgan fingerprint density at radius 1 is 1.15 bits per heavy atom. The van der Waals surface area contributed by atoms with Crippen LogP contribution in [0.1, 0.15) is 29.8 Å². The van der Waals surface area contributed by atoms with Crippen LogP contribution >= 0.6 is 15.9 Å². The summed E-state index contributed by atoms with van der Waals surface area (Å²) in [5.41, 5.74) is 0.706. The van der Waals surface area contributed by atoms with Gasteiger partial charge in [-0.05, 0) is 44.2 Å². The minimum absolute atomic E-state index is 0.0418. The number of hydrogen-bond acceptors (Lipinski definition) is 2. The van der Waals surface area contributed by atoms with Gasteiger partial charge in [0.05, 0.1) is 11.7 Å². The SMILES string of the molecule is CC(C)Oc1ccccc1C(=O)c1cc(F)ccc1Br. The Morgan fingerprint density at radius 2 is 1.85 bits per heavy atom. The predicted octanol–water partition coefficient (Wildman–Crippen LogP) is 4.61. The first-order chi connectivity index (χ1) is 9.49. The van der Waals surface area contributed by atoms with Crippen molar-refractivity contribution in [3.63, 3.8) is 0 Å². The zero-order chi connectivity index (χ0) is 14.7. The van der Waals surface area contributed by atoms with Crippen molar-refractivity contribution in [3.05, 3.63) is 63.9 Å². The summed E-state index contributed by atoms with van der Waals surface area (Å²) in [6.45, 7) is 3.78. The molecule has 0 fully saturated rings. The summed E-state index contributed by atoms with van der Waals surface area (Å²) in [5, 5.41) is 0. The quantitative estimate of drug-likeness (QED) is 0.762. The number of para-hydroxylation sites is 1. The third kappa shape index (κ3) is 3.25. The van der Waals surface area contributed by atoms with E-state index in [2.05, 4.69) is 15.9 Å². The molecule has 2 aromatic rings. The van der Waals surface area contributed by atoms with Crippen LogP contribution < -0.4 is 4.74 Å². The van der Waals surface area contributed by atoms with Gasteiger partial charge in [-0.3, -0.25) is 4.79 Å². The summed E-state index contributed by atoms with van der Waals surface area (Å²) in [7, 11) is 0. The normalized spacial score (nSPS) is 10.7. The molecule has 2 aromatic carbocycles. The van der Waals surface area contributed by atoms with Crippen molar-refractivity contribution in [1.29, 1.82) is 0 Å². The number of ether oxygens (including phenoxy) is 1. The molecule has 0 aromatic heterocycles. The summed E-state index contributed by atoms with van der Waals surface area (Å²) in [4.78, 5) is 12.5. The van der Waals surface area contributed by atoms with Crippen LogP contribution in [0.5, 0.6) is 5.75 Å². The number of ketones is 1. The highest BCUT2D eigenvalue weighted by Gasteiger charge is 2.18. The molecule has 0 N–H and O–H groups in total. The predicted molar refractivity (Wildman–Crippen MR) is 79.7 cm³/mol. The van der Waals surface area contributed by atoms with Gasteiger partial charge >= 0.3 is 0 Å². The van der Waals surface area contributed by atoms with Crippen molar-refractivity contribution < 1.29 is 13.9 Å². The molecule has 0 spiro atoms. The van der Waals surface area contributed by atoms with Gasteiger partial charge in [0.2, 0.25) is 0 Å². The third-order valence-corrected chi connectivity index (χ3v) is 3.36. The van der Waals surface area contributed by atoms with Gasteiger partial charge in [0.15, 0.2) is 5.78 Å². The Kier molecular flexibility index (Phi) is 4.55. The first kappa shape index (κ1) is 14.7. The fourth-order valence-electron chi connectivity index (χ4n) is 1.83. The lowest BCUT2D eigenvalue weighted by Gasteiger charge is -2.14. The summed E-state index contributed by atoms with van der Waals surface area (Å²) in [6.07, 6.45) is -0.0418. The highest BCUT2D eigenvalue weighted by Crippen LogP contribution is 2.26. The lowest BCUT2D eigenvalue weighted by atomic mass is 10.0. The van der Waals surface area contributed by atoms with E-state index in [0.717, 1.165) is 0 Å². The second-order valence-corrected chi connectivity index (χ2v) is 5.47. The molecule has 20 heavy (non-hydrogen) atoms. The molecule has 0 aliphatic carbocycles. The molecule has 0 bridgehead atoms. The Bertz CT molecular complexity index is 638. The summed E-state index contributed by atoms with van der Waals surface area (Å²) >= 11 is 3.28. The van der Waals surface area contributed by atoms with E-state index in [1.807, 2.05) is 13.8 Å². The van der Waals surface area contributed by atoms with Crippen molar-refractivity contribution in [1.82, 2.24) is 0 Å². The molecule has 0 heterocycles. The first-order valence-electron chi connectivity index (χ1n) is 6.24. The standard InChI is InChI=1S/C16H14BrFO2/c1-10(2)20-15-6-4-3-5-12(15)16(19)13-9-11(18)7-8-14(13)17/h3-10H,1-2H3. The Labute approximate surface area is 125 Å². The van der Waals surface area contributed by atoms with Gasteiger partial charge in [0.1, 0.15) is 11.6 Å². The highest BCUT2D eigenvalue weighted by atomic mass is 79.9. The number of carbonyl (C=O) groups is 1. The van der Waals surface area contributed by atoms with Crippen molar-refractivity contribution in [2.45, 2.75) is 20.0 Å². The fourth-order valence-corrected chi connectivity index (χ4v) is 2.25. The molecule has 2 nitrogen and oxygen atoms in total. The van der Waals surface area contributed by atoms with Crippen LogP contribution in [0.2, 0.25) is 0 Å². The van der Waals surface area contributed by atoms with E-state index in [9.17, 15) is 9.18 Å². The molecule has 0 unspecified atom stereocenters. The molecule has 104 valence electrons. The largest absolute Gasteiger partial charge is 0.490 e. The highest BCUT2D eigenvalue weighted by molar-refractivity contribution is 9.10. The molecule has 0 atom stereocenters. The van der Waals surface area contributed by atoms with E-state index in [-0.39, 0.29) is 17.5 Å². The average Bonchev–Trinajstić information content (AvgIpc) is 2.41. The zero-order valence-electron chi connectivity index (χ0n) is 11.2. The lowest BCUT2D eigenvalue weighted by molar-refractivity contribution is 0.103. The second-order valence-electron chi connectivity index (χ2n) is 4.62. The minimum atomic E-state index is -0.446. The average molecular weight is 337 g/mol. The number of hydrogen-bond donors (Lipinski definition) is 0. The van der Waals surface area contributed by atoms with E-state index in [0.29, 0.717) is 15.8 Å².